The molecule has 9 heteroatoms. The third-order valence-electron chi connectivity index (χ3n) is 3.83. The first-order valence-electron chi connectivity index (χ1n) is 7.54. The Kier molecular flexibility index (Phi) is 4.68. The minimum Gasteiger partial charge on any atom is -0.374 e. The van der Waals surface area contributed by atoms with Gasteiger partial charge in [0, 0.05) is 19.2 Å². The van der Waals surface area contributed by atoms with Gasteiger partial charge in [-0.05, 0) is 13.8 Å². The third-order valence-corrected chi connectivity index (χ3v) is 3.83. The van der Waals surface area contributed by atoms with Crippen LogP contribution in [0.4, 0.5) is 5.88 Å². The van der Waals surface area contributed by atoms with Crippen molar-refractivity contribution in [3.05, 3.63) is 24.4 Å². The zero-order chi connectivity index (χ0) is 16.2. The molecule has 1 aliphatic heterocycles. The van der Waals surface area contributed by atoms with Crippen LogP contribution in [0.2, 0.25) is 0 Å². The van der Waals surface area contributed by atoms with Gasteiger partial charge in [0.25, 0.3) is 0 Å². The van der Waals surface area contributed by atoms with Gasteiger partial charge in [-0.1, -0.05) is 5.16 Å². The molecule has 124 valence electrons. The highest BCUT2D eigenvalue weighted by atomic mass is 16.5. The van der Waals surface area contributed by atoms with Crippen molar-refractivity contribution in [2.24, 2.45) is 0 Å². The van der Waals surface area contributed by atoms with Crippen LogP contribution in [-0.4, -0.2) is 62.6 Å². The molecule has 1 amide bonds. The van der Waals surface area contributed by atoms with Crippen LogP contribution in [0.5, 0.6) is 0 Å². The van der Waals surface area contributed by atoms with Gasteiger partial charge in [-0.3, -0.25) is 19.7 Å². The van der Waals surface area contributed by atoms with Crippen LogP contribution in [0, 0.1) is 6.92 Å². The van der Waals surface area contributed by atoms with E-state index in [-0.39, 0.29) is 18.1 Å². The average Bonchev–Trinajstić information content (AvgIpc) is 3.18. The van der Waals surface area contributed by atoms with Crippen molar-refractivity contribution < 1.29 is 14.1 Å². The summed E-state index contributed by atoms with van der Waals surface area (Å²) in [6.07, 6.45) is 3.13. The summed E-state index contributed by atoms with van der Waals surface area (Å²) in [7, 11) is 0. The van der Waals surface area contributed by atoms with E-state index in [4.69, 9.17) is 9.26 Å². The molecule has 2 aromatic rings. The summed E-state index contributed by atoms with van der Waals surface area (Å²) >= 11 is 0. The lowest BCUT2D eigenvalue weighted by atomic mass is 10.2. The second-order valence-corrected chi connectivity index (χ2v) is 5.60. The number of nitrogens with zero attached hydrogens (tertiary/aromatic N) is 5. The second-order valence-electron chi connectivity index (χ2n) is 5.60. The van der Waals surface area contributed by atoms with Gasteiger partial charge in [0.15, 0.2) is 0 Å². The molecule has 1 aliphatic rings. The van der Waals surface area contributed by atoms with E-state index < -0.39 is 0 Å². The molecule has 3 heterocycles. The fourth-order valence-electron chi connectivity index (χ4n) is 2.55. The standard InChI is InChI=1S/C14H20N6O3/c1-10-5-13(23-18-10)17-14(21)11(2)19-3-4-22-12(6-19)7-20-9-15-8-16-20/h5,8-9,11-12H,3-4,6-7H2,1-2H3,(H,17,21)/t11-,12-/m1/s1. The summed E-state index contributed by atoms with van der Waals surface area (Å²) < 4.78 is 12.5. The molecule has 1 fully saturated rings. The molecular formula is C14H20N6O3. The first-order chi connectivity index (χ1) is 11.1. The third kappa shape index (κ3) is 3.93. The molecule has 2 atom stereocenters. The maximum absolute atomic E-state index is 12.3. The fraction of sp³-hybridized carbons (Fsp3) is 0.571. The molecular weight excluding hydrogens is 300 g/mol. The van der Waals surface area contributed by atoms with Gasteiger partial charge in [-0.25, -0.2) is 4.98 Å². The highest BCUT2D eigenvalue weighted by Gasteiger charge is 2.28. The predicted molar refractivity (Wildman–Crippen MR) is 80.7 cm³/mol. The van der Waals surface area contributed by atoms with Gasteiger partial charge in [-0.2, -0.15) is 5.10 Å². The summed E-state index contributed by atoms with van der Waals surface area (Å²) in [4.78, 5) is 18.3. The van der Waals surface area contributed by atoms with Crippen molar-refractivity contribution in [3.63, 3.8) is 0 Å². The Morgan fingerprint density at radius 3 is 3.13 bits per heavy atom. The van der Waals surface area contributed by atoms with E-state index >= 15 is 0 Å². The summed E-state index contributed by atoms with van der Waals surface area (Å²) in [5.41, 5.74) is 0.729. The highest BCUT2D eigenvalue weighted by molar-refractivity contribution is 5.93. The zero-order valence-corrected chi connectivity index (χ0v) is 13.2. The number of anilines is 1. The van der Waals surface area contributed by atoms with Gasteiger partial charge < -0.3 is 9.26 Å². The second kappa shape index (κ2) is 6.88. The van der Waals surface area contributed by atoms with E-state index in [1.807, 2.05) is 6.92 Å². The average molecular weight is 320 g/mol. The number of ether oxygens (including phenoxy) is 1. The number of morpholine rings is 1. The number of carbonyl (C=O) groups is 1. The maximum Gasteiger partial charge on any atom is 0.243 e. The quantitative estimate of drug-likeness (QED) is 0.846. The van der Waals surface area contributed by atoms with Crippen molar-refractivity contribution in [2.45, 2.75) is 32.5 Å². The van der Waals surface area contributed by atoms with Crippen LogP contribution >= 0.6 is 0 Å². The molecule has 1 saturated heterocycles. The largest absolute Gasteiger partial charge is 0.374 e. The fourth-order valence-corrected chi connectivity index (χ4v) is 2.55. The molecule has 1 N–H and O–H groups in total. The topological polar surface area (TPSA) is 98.3 Å². The molecule has 2 aromatic heterocycles. The molecule has 0 bridgehead atoms. The monoisotopic (exact) mass is 320 g/mol. The Labute approximate surface area is 133 Å². The Morgan fingerprint density at radius 1 is 1.57 bits per heavy atom. The lowest BCUT2D eigenvalue weighted by Gasteiger charge is -2.35. The summed E-state index contributed by atoms with van der Waals surface area (Å²) in [5.74, 6) is 0.245. The Morgan fingerprint density at radius 2 is 2.43 bits per heavy atom. The number of amides is 1. The number of aromatic nitrogens is 4. The molecule has 23 heavy (non-hydrogen) atoms. The SMILES string of the molecule is Cc1cc(NC(=O)[C@@H](C)N2CCO[C@@H](Cn3cncn3)C2)on1. The molecule has 3 rings (SSSR count). The van der Waals surface area contributed by atoms with Crippen molar-refractivity contribution in [2.75, 3.05) is 25.0 Å². The molecule has 0 saturated carbocycles. The number of hydrogen-bond donors (Lipinski definition) is 1. The van der Waals surface area contributed by atoms with Crippen molar-refractivity contribution in [1.29, 1.82) is 0 Å². The van der Waals surface area contributed by atoms with Crippen molar-refractivity contribution in [3.8, 4) is 0 Å². The number of aryl methyl sites for hydroxylation is 1. The smallest absolute Gasteiger partial charge is 0.243 e. The van der Waals surface area contributed by atoms with Gasteiger partial charge in [0.1, 0.15) is 12.7 Å². The van der Waals surface area contributed by atoms with Gasteiger partial charge in [0.2, 0.25) is 11.8 Å². The number of hydrogen-bond acceptors (Lipinski definition) is 7. The number of nitrogens with one attached hydrogen (secondary N) is 1. The predicted octanol–water partition coefficient (Wildman–Crippen LogP) is 0.303. The lowest BCUT2D eigenvalue weighted by molar-refractivity contribution is -0.124. The Bertz CT molecular complexity index is 641. The Hall–Kier alpha value is -2.26. The van der Waals surface area contributed by atoms with Crippen LogP contribution < -0.4 is 5.32 Å². The number of carbonyl (C=O) groups excluding carboxylic acids is 1. The molecule has 0 unspecified atom stereocenters. The molecule has 9 nitrogen and oxygen atoms in total. The molecule has 0 aliphatic carbocycles. The van der Waals surface area contributed by atoms with Crippen LogP contribution in [0.3, 0.4) is 0 Å². The highest BCUT2D eigenvalue weighted by Crippen LogP contribution is 2.14. The van der Waals surface area contributed by atoms with Crippen LogP contribution in [-0.2, 0) is 16.1 Å². The normalized spacial score (nSPS) is 20.3. The zero-order valence-electron chi connectivity index (χ0n) is 13.2. The first kappa shape index (κ1) is 15.6. The van der Waals surface area contributed by atoms with Gasteiger partial charge >= 0.3 is 0 Å². The first-order valence-corrected chi connectivity index (χ1v) is 7.54. The van der Waals surface area contributed by atoms with Crippen LogP contribution in [0.25, 0.3) is 0 Å². The van der Waals surface area contributed by atoms with Crippen molar-refractivity contribution >= 4 is 11.8 Å². The molecule has 0 aromatic carbocycles. The molecule has 0 spiro atoms. The maximum atomic E-state index is 12.3. The minimum absolute atomic E-state index is 0.0202. The summed E-state index contributed by atoms with van der Waals surface area (Å²) in [5, 5.41) is 10.6. The van der Waals surface area contributed by atoms with E-state index in [2.05, 4.69) is 25.5 Å². The molecule has 0 radical (unpaired) electrons. The van der Waals surface area contributed by atoms with Crippen LogP contribution in [0.15, 0.2) is 23.2 Å². The van der Waals surface area contributed by atoms with Gasteiger partial charge in [0.05, 0.1) is 31.0 Å². The van der Waals surface area contributed by atoms with E-state index in [1.165, 1.54) is 6.33 Å². The van der Waals surface area contributed by atoms with Crippen LogP contribution in [0.1, 0.15) is 12.6 Å². The Balaban J connectivity index is 1.55. The van der Waals surface area contributed by atoms with E-state index in [1.54, 1.807) is 24.0 Å². The van der Waals surface area contributed by atoms with E-state index in [0.717, 1.165) is 5.69 Å². The summed E-state index contributed by atoms with van der Waals surface area (Å²) in [6.45, 7) is 6.24. The van der Waals surface area contributed by atoms with E-state index in [9.17, 15) is 4.79 Å². The van der Waals surface area contributed by atoms with Crippen molar-refractivity contribution in [1.82, 2.24) is 24.8 Å². The summed E-state index contributed by atoms with van der Waals surface area (Å²) in [6, 6.07) is 1.40. The lowest BCUT2D eigenvalue weighted by Crippen LogP contribution is -2.51. The minimum atomic E-state index is -0.289. The van der Waals surface area contributed by atoms with Gasteiger partial charge in [-0.15, -0.1) is 0 Å². The van der Waals surface area contributed by atoms with E-state index in [0.29, 0.717) is 32.1 Å². The number of rotatable bonds is 5.